The fourth-order valence-corrected chi connectivity index (χ4v) is 5.65. The van der Waals surface area contributed by atoms with Crippen LogP contribution in [0, 0.1) is 33.5 Å². The highest BCUT2D eigenvalue weighted by molar-refractivity contribution is 6.08. The summed E-state index contributed by atoms with van der Waals surface area (Å²) in [6.07, 6.45) is 9.86. The maximum atomic E-state index is 13.4. The van der Waals surface area contributed by atoms with E-state index in [1.165, 1.54) is 5.71 Å². The van der Waals surface area contributed by atoms with E-state index in [4.69, 9.17) is 4.99 Å². The van der Waals surface area contributed by atoms with Crippen molar-refractivity contribution in [2.75, 3.05) is 0 Å². The van der Waals surface area contributed by atoms with Gasteiger partial charge in [-0.2, -0.15) is 0 Å². The van der Waals surface area contributed by atoms with Gasteiger partial charge in [0.25, 0.3) is 0 Å². The summed E-state index contributed by atoms with van der Waals surface area (Å²) in [5.74, 6) is 1.02. The lowest BCUT2D eigenvalue weighted by molar-refractivity contribution is -0.134. The molecule has 0 amide bonds. The van der Waals surface area contributed by atoms with Crippen LogP contribution in [0.2, 0.25) is 0 Å². The van der Waals surface area contributed by atoms with E-state index in [9.17, 15) is 4.79 Å². The van der Waals surface area contributed by atoms with Gasteiger partial charge in [-0.15, -0.1) is 0 Å². The summed E-state index contributed by atoms with van der Waals surface area (Å²) in [6.45, 7) is 29.2. The van der Waals surface area contributed by atoms with E-state index >= 15 is 0 Å². The number of nitrogens with zero attached hydrogens (tertiary/aromatic N) is 1. The summed E-state index contributed by atoms with van der Waals surface area (Å²) in [7, 11) is 0. The van der Waals surface area contributed by atoms with E-state index in [2.05, 4.69) is 102 Å². The molecule has 31 heavy (non-hydrogen) atoms. The summed E-state index contributed by atoms with van der Waals surface area (Å²) in [4.78, 5) is 18.3. The van der Waals surface area contributed by atoms with Crippen LogP contribution in [0.1, 0.15) is 122 Å². The van der Waals surface area contributed by atoms with Gasteiger partial charge in [-0.3, -0.25) is 9.79 Å². The number of carbonyl (C=O) groups is 1. The van der Waals surface area contributed by atoms with Crippen molar-refractivity contribution in [3.63, 3.8) is 0 Å². The van der Waals surface area contributed by atoms with E-state index in [0.29, 0.717) is 11.7 Å². The van der Waals surface area contributed by atoms with Gasteiger partial charge < -0.3 is 0 Å². The highest BCUT2D eigenvalue weighted by atomic mass is 16.1. The van der Waals surface area contributed by atoms with Crippen LogP contribution < -0.4 is 0 Å². The molecule has 2 unspecified atom stereocenters. The molecule has 0 saturated heterocycles. The zero-order chi connectivity index (χ0) is 24.5. The number of allylic oxidation sites excluding steroid dienone is 2. The van der Waals surface area contributed by atoms with Crippen molar-refractivity contribution in [1.82, 2.24) is 0 Å². The van der Waals surface area contributed by atoms with Gasteiger partial charge >= 0.3 is 0 Å². The Morgan fingerprint density at radius 1 is 0.968 bits per heavy atom. The lowest BCUT2D eigenvalue weighted by Gasteiger charge is -2.36. The monoisotopic (exact) mass is 431 g/mol. The van der Waals surface area contributed by atoms with E-state index in [1.807, 2.05) is 0 Å². The minimum Gasteiger partial charge on any atom is -0.299 e. The Morgan fingerprint density at radius 2 is 1.48 bits per heavy atom. The number of rotatable bonds is 13. The summed E-state index contributed by atoms with van der Waals surface area (Å²) in [5, 5.41) is 0. The SMILES string of the molecule is CCCC(C(=O)C(C)(C)CC(C)(C)/C=C/C(C)(C)CC1(C)N=C1C(C)(C)CC)C(C)C. The molecule has 0 bridgehead atoms. The van der Waals surface area contributed by atoms with Crippen LogP contribution in [-0.4, -0.2) is 17.0 Å². The maximum Gasteiger partial charge on any atom is 0.141 e. The molecule has 0 aromatic carbocycles. The average Bonchev–Trinajstić information content (AvgIpc) is 3.27. The molecular weight excluding hydrogens is 378 g/mol. The molecular formula is C29H53NO. The zero-order valence-electron chi connectivity index (χ0n) is 23.2. The number of carbonyl (C=O) groups excluding carboxylic acids is 1. The first-order chi connectivity index (χ1) is 13.8. The Balaban J connectivity index is 2.87. The van der Waals surface area contributed by atoms with Gasteiger partial charge in [0.05, 0.1) is 5.54 Å². The van der Waals surface area contributed by atoms with Crippen molar-refractivity contribution in [2.24, 2.45) is 38.5 Å². The molecule has 0 radical (unpaired) electrons. The second-order valence-electron chi connectivity index (χ2n) is 13.5. The normalized spacial score (nSPS) is 21.5. The predicted octanol–water partition coefficient (Wildman–Crippen LogP) is 8.69. The molecule has 0 N–H and O–H groups in total. The quantitative estimate of drug-likeness (QED) is 0.268. The largest absolute Gasteiger partial charge is 0.299 e. The molecule has 1 aliphatic heterocycles. The third kappa shape index (κ3) is 7.57. The molecule has 2 nitrogen and oxygen atoms in total. The molecule has 1 aliphatic rings. The predicted molar refractivity (Wildman–Crippen MR) is 138 cm³/mol. The second kappa shape index (κ2) is 9.52. The third-order valence-electron chi connectivity index (χ3n) is 7.43. The molecule has 0 aliphatic carbocycles. The zero-order valence-corrected chi connectivity index (χ0v) is 23.2. The van der Waals surface area contributed by atoms with Crippen molar-refractivity contribution in [2.45, 2.75) is 128 Å². The Kier molecular flexibility index (Phi) is 8.63. The Hall–Kier alpha value is -0.920. The van der Waals surface area contributed by atoms with Gasteiger partial charge in [0.2, 0.25) is 0 Å². The van der Waals surface area contributed by atoms with E-state index in [-0.39, 0.29) is 33.1 Å². The first-order valence-corrected chi connectivity index (χ1v) is 12.7. The van der Waals surface area contributed by atoms with Crippen LogP contribution in [-0.2, 0) is 4.79 Å². The molecule has 0 aromatic rings. The van der Waals surface area contributed by atoms with Gasteiger partial charge in [-0.25, -0.2) is 0 Å². The molecule has 2 heteroatoms. The fraction of sp³-hybridized carbons (Fsp3) is 0.862. The Morgan fingerprint density at radius 3 is 1.94 bits per heavy atom. The number of ketones is 1. The lowest BCUT2D eigenvalue weighted by Crippen LogP contribution is -2.37. The molecule has 0 spiro atoms. The van der Waals surface area contributed by atoms with Crippen LogP contribution in [0.3, 0.4) is 0 Å². The van der Waals surface area contributed by atoms with Crippen LogP contribution in [0.25, 0.3) is 0 Å². The molecule has 2 atom stereocenters. The third-order valence-corrected chi connectivity index (χ3v) is 7.43. The molecule has 0 saturated carbocycles. The Labute approximate surface area is 194 Å². The summed E-state index contributed by atoms with van der Waals surface area (Å²) < 4.78 is 0. The van der Waals surface area contributed by atoms with Crippen LogP contribution in [0.4, 0.5) is 0 Å². The minimum atomic E-state index is -0.314. The molecule has 0 aromatic heterocycles. The first-order valence-electron chi connectivity index (χ1n) is 12.7. The van der Waals surface area contributed by atoms with Crippen LogP contribution in [0.5, 0.6) is 0 Å². The average molecular weight is 432 g/mol. The van der Waals surface area contributed by atoms with Gasteiger partial charge in [0.15, 0.2) is 0 Å². The highest BCUT2D eigenvalue weighted by Crippen LogP contribution is 2.48. The van der Waals surface area contributed by atoms with E-state index in [1.54, 1.807) is 0 Å². The van der Waals surface area contributed by atoms with Crippen LogP contribution >= 0.6 is 0 Å². The molecule has 0 fully saturated rings. The standard InChI is InChI=1S/C29H53NO/c1-14-16-22(21(3)4)23(31)28(11,12)19-25(5,6)17-18-26(7,8)20-29(13)24(30-29)27(9,10)15-2/h17-18,21-22H,14-16,19-20H2,1-13H3/b18-17+. The smallest absolute Gasteiger partial charge is 0.141 e. The summed E-state index contributed by atoms with van der Waals surface area (Å²) in [5.41, 5.74) is 1.32. The maximum absolute atomic E-state index is 13.4. The minimum absolute atomic E-state index is 0.0113. The van der Waals surface area contributed by atoms with Crippen molar-refractivity contribution in [3.8, 4) is 0 Å². The molecule has 1 rings (SSSR count). The molecule has 180 valence electrons. The number of hydrogen-bond donors (Lipinski definition) is 0. The lowest BCUT2D eigenvalue weighted by atomic mass is 9.67. The second-order valence-corrected chi connectivity index (χ2v) is 13.5. The number of hydrogen-bond acceptors (Lipinski definition) is 2. The summed E-state index contributed by atoms with van der Waals surface area (Å²) >= 11 is 0. The summed E-state index contributed by atoms with van der Waals surface area (Å²) in [6, 6.07) is 0. The van der Waals surface area contributed by atoms with Crippen molar-refractivity contribution >= 4 is 11.5 Å². The van der Waals surface area contributed by atoms with Crippen LogP contribution in [0.15, 0.2) is 17.1 Å². The van der Waals surface area contributed by atoms with Gasteiger partial charge in [-0.05, 0) is 49.4 Å². The topological polar surface area (TPSA) is 29.4 Å². The van der Waals surface area contributed by atoms with Crippen molar-refractivity contribution in [3.05, 3.63) is 12.2 Å². The van der Waals surface area contributed by atoms with Gasteiger partial charge in [0.1, 0.15) is 5.78 Å². The van der Waals surface area contributed by atoms with Crippen molar-refractivity contribution in [1.29, 1.82) is 0 Å². The number of Topliss-reactive ketones (excluding diaryl/α,β-unsaturated/α-hetero) is 1. The highest BCUT2D eigenvalue weighted by Gasteiger charge is 2.51. The van der Waals surface area contributed by atoms with E-state index in [0.717, 1.165) is 32.1 Å². The fourth-order valence-electron chi connectivity index (χ4n) is 5.65. The van der Waals surface area contributed by atoms with Gasteiger partial charge in [0, 0.05) is 22.5 Å². The molecule has 1 heterocycles. The number of aliphatic imine (C=N–C) groups is 1. The van der Waals surface area contributed by atoms with Crippen molar-refractivity contribution < 1.29 is 4.79 Å². The first kappa shape index (κ1) is 28.1. The van der Waals surface area contributed by atoms with E-state index < -0.39 is 0 Å². The van der Waals surface area contributed by atoms with Gasteiger partial charge in [-0.1, -0.05) is 102 Å². The Bertz CT molecular complexity index is 690.